The fourth-order valence-electron chi connectivity index (χ4n) is 3.70. The van der Waals surface area contributed by atoms with Gasteiger partial charge >= 0.3 is 0 Å². The number of hydrogen-bond donors (Lipinski definition) is 2. The molecule has 4 unspecified atom stereocenters. The van der Waals surface area contributed by atoms with Crippen molar-refractivity contribution in [2.75, 3.05) is 0 Å². The van der Waals surface area contributed by atoms with E-state index in [4.69, 9.17) is 5.73 Å². The summed E-state index contributed by atoms with van der Waals surface area (Å²) in [5, 5.41) is 2.91. The van der Waals surface area contributed by atoms with Crippen molar-refractivity contribution in [3.8, 4) is 0 Å². The molecule has 2 aliphatic rings. The van der Waals surface area contributed by atoms with E-state index < -0.39 is 0 Å². The second-order valence-electron chi connectivity index (χ2n) is 5.89. The van der Waals surface area contributed by atoms with Crippen LogP contribution in [-0.2, 0) is 11.3 Å². The first kappa shape index (κ1) is 14.0. The maximum atomic E-state index is 13.2. The summed E-state index contributed by atoms with van der Waals surface area (Å²) in [4.78, 5) is 12.3. The number of halogens is 2. The van der Waals surface area contributed by atoms with Gasteiger partial charge in [0.25, 0.3) is 0 Å². The van der Waals surface area contributed by atoms with Gasteiger partial charge < -0.3 is 11.1 Å². The summed E-state index contributed by atoms with van der Waals surface area (Å²) in [6.45, 7) is 0.331. The van der Waals surface area contributed by atoms with Crippen molar-refractivity contribution in [1.82, 2.24) is 5.32 Å². The molecule has 2 bridgehead atoms. The molecule has 1 amide bonds. The van der Waals surface area contributed by atoms with Crippen molar-refractivity contribution in [3.05, 3.63) is 34.1 Å². The Kier molecular flexibility index (Phi) is 3.82. The minimum atomic E-state index is -0.297. The molecular formula is C15H18BrFN2O. The minimum Gasteiger partial charge on any atom is -0.352 e. The highest BCUT2D eigenvalue weighted by molar-refractivity contribution is 9.10. The summed E-state index contributed by atoms with van der Waals surface area (Å²) in [6, 6.07) is 4.47. The maximum absolute atomic E-state index is 13.2. The molecule has 1 aromatic rings. The van der Waals surface area contributed by atoms with Gasteiger partial charge in [-0.3, -0.25) is 4.79 Å². The lowest BCUT2D eigenvalue weighted by molar-refractivity contribution is -0.127. The van der Waals surface area contributed by atoms with Gasteiger partial charge in [-0.05, 0) is 54.9 Å². The van der Waals surface area contributed by atoms with E-state index >= 15 is 0 Å². The Morgan fingerprint density at radius 3 is 2.85 bits per heavy atom. The lowest BCUT2D eigenvalue weighted by Gasteiger charge is -2.27. The Hall–Kier alpha value is -0.940. The number of rotatable bonds is 3. The number of fused-ring (bicyclic) bond motifs is 2. The minimum absolute atomic E-state index is 0.00954. The molecule has 0 heterocycles. The smallest absolute Gasteiger partial charge is 0.225 e. The zero-order valence-corrected chi connectivity index (χ0v) is 12.7. The Bertz CT molecular complexity index is 535. The summed E-state index contributed by atoms with van der Waals surface area (Å²) in [7, 11) is 0. The Balaban J connectivity index is 1.64. The summed E-state index contributed by atoms with van der Waals surface area (Å²) >= 11 is 3.37. The van der Waals surface area contributed by atoms with Crippen LogP contribution in [0.25, 0.3) is 0 Å². The normalized spacial score (nSPS) is 31.6. The Labute approximate surface area is 126 Å². The average molecular weight is 341 g/mol. The molecule has 0 aliphatic heterocycles. The van der Waals surface area contributed by atoms with Gasteiger partial charge in [-0.15, -0.1) is 0 Å². The Morgan fingerprint density at radius 2 is 2.15 bits per heavy atom. The predicted octanol–water partition coefficient (Wildman–Crippen LogP) is 2.58. The number of carbonyl (C=O) groups is 1. The van der Waals surface area contributed by atoms with Gasteiger partial charge in [0, 0.05) is 17.1 Å². The molecule has 0 aromatic heterocycles. The molecule has 2 aliphatic carbocycles. The van der Waals surface area contributed by atoms with Crippen molar-refractivity contribution in [1.29, 1.82) is 0 Å². The second kappa shape index (κ2) is 5.45. The van der Waals surface area contributed by atoms with E-state index in [9.17, 15) is 9.18 Å². The van der Waals surface area contributed by atoms with Gasteiger partial charge in [0.15, 0.2) is 0 Å². The van der Waals surface area contributed by atoms with Gasteiger partial charge in [-0.1, -0.05) is 15.9 Å². The largest absolute Gasteiger partial charge is 0.352 e. The zero-order valence-electron chi connectivity index (χ0n) is 11.1. The lowest BCUT2D eigenvalue weighted by atomic mass is 9.84. The SMILES string of the molecule is NC1C2CCC(C2)C1C(=O)NCc1cc(F)ccc1Br. The average Bonchev–Trinajstić information content (AvgIpc) is 3.00. The molecule has 2 fully saturated rings. The van der Waals surface area contributed by atoms with Crippen molar-refractivity contribution >= 4 is 21.8 Å². The molecule has 3 nitrogen and oxygen atoms in total. The van der Waals surface area contributed by atoms with Gasteiger partial charge in [0.1, 0.15) is 5.82 Å². The number of carbonyl (C=O) groups excluding carboxylic acids is 1. The molecule has 108 valence electrons. The fraction of sp³-hybridized carbons (Fsp3) is 0.533. The lowest BCUT2D eigenvalue weighted by Crippen LogP contribution is -2.45. The monoisotopic (exact) mass is 340 g/mol. The van der Waals surface area contributed by atoms with Crippen LogP contribution in [0.1, 0.15) is 24.8 Å². The van der Waals surface area contributed by atoms with E-state index in [-0.39, 0.29) is 23.7 Å². The number of amides is 1. The summed E-state index contributed by atoms with van der Waals surface area (Å²) < 4.78 is 14.0. The van der Waals surface area contributed by atoms with Crippen molar-refractivity contribution in [2.24, 2.45) is 23.5 Å². The molecule has 4 atom stereocenters. The van der Waals surface area contributed by atoms with Crippen LogP contribution in [0.5, 0.6) is 0 Å². The van der Waals surface area contributed by atoms with E-state index in [2.05, 4.69) is 21.2 Å². The summed E-state index contributed by atoms with van der Waals surface area (Å²) in [5.41, 5.74) is 6.90. The standard InChI is InChI=1S/C15H18BrFN2O/c16-12-4-3-11(17)6-10(12)7-19-15(20)13-8-1-2-9(5-8)14(13)18/h3-4,6,8-9,13-14H,1-2,5,7,18H2,(H,19,20). The molecule has 0 saturated heterocycles. The second-order valence-corrected chi connectivity index (χ2v) is 6.74. The fourth-order valence-corrected chi connectivity index (χ4v) is 4.09. The van der Waals surface area contributed by atoms with Crippen LogP contribution >= 0.6 is 15.9 Å². The van der Waals surface area contributed by atoms with E-state index in [1.54, 1.807) is 6.07 Å². The van der Waals surface area contributed by atoms with Gasteiger partial charge in [-0.2, -0.15) is 0 Å². The van der Waals surface area contributed by atoms with Crippen LogP contribution in [0.4, 0.5) is 4.39 Å². The number of nitrogens with two attached hydrogens (primary N) is 1. The molecule has 3 rings (SSSR count). The Morgan fingerprint density at radius 1 is 1.40 bits per heavy atom. The van der Waals surface area contributed by atoms with Crippen LogP contribution in [0, 0.1) is 23.6 Å². The quantitative estimate of drug-likeness (QED) is 0.888. The number of hydrogen-bond acceptors (Lipinski definition) is 2. The van der Waals surface area contributed by atoms with Crippen LogP contribution in [0.15, 0.2) is 22.7 Å². The summed E-state index contributed by atoms with van der Waals surface area (Å²) in [5.74, 6) is 0.596. The molecular weight excluding hydrogens is 323 g/mol. The van der Waals surface area contributed by atoms with Crippen molar-refractivity contribution in [2.45, 2.75) is 31.8 Å². The highest BCUT2D eigenvalue weighted by Crippen LogP contribution is 2.47. The first-order valence-corrected chi connectivity index (χ1v) is 7.83. The highest BCUT2D eigenvalue weighted by Gasteiger charge is 2.48. The summed E-state index contributed by atoms with van der Waals surface area (Å²) in [6.07, 6.45) is 3.36. The van der Waals surface area contributed by atoms with E-state index in [0.717, 1.165) is 29.3 Å². The van der Waals surface area contributed by atoms with Gasteiger partial charge in [0.2, 0.25) is 5.91 Å². The van der Waals surface area contributed by atoms with Crippen LogP contribution in [-0.4, -0.2) is 11.9 Å². The molecule has 2 saturated carbocycles. The number of nitrogens with one attached hydrogen (secondary N) is 1. The third-order valence-corrected chi connectivity index (χ3v) is 5.52. The van der Waals surface area contributed by atoms with E-state index in [0.29, 0.717) is 18.4 Å². The first-order chi connectivity index (χ1) is 9.56. The van der Waals surface area contributed by atoms with Crippen LogP contribution in [0.3, 0.4) is 0 Å². The topological polar surface area (TPSA) is 55.1 Å². The molecule has 0 radical (unpaired) electrons. The molecule has 20 heavy (non-hydrogen) atoms. The van der Waals surface area contributed by atoms with Crippen molar-refractivity contribution in [3.63, 3.8) is 0 Å². The van der Waals surface area contributed by atoms with E-state index in [1.165, 1.54) is 12.1 Å². The molecule has 3 N–H and O–H groups in total. The van der Waals surface area contributed by atoms with Crippen molar-refractivity contribution < 1.29 is 9.18 Å². The van der Waals surface area contributed by atoms with Crippen LogP contribution in [0.2, 0.25) is 0 Å². The zero-order chi connectivity index (χ0) is 14.3. The molecule has 5 heteroatoms. The molecule has 1 aromatic carbocycles. The third kappa shape index (κ3) is 2.49. The first-order valence-electron chi connectivity index (χ1n) is 7.03. The highest BCUT2D eigenvalue weighted by atomic mass is 79.9. The third-order valence-electron chi connectivity index (χ3n) is 4.74. The van der Waals surface area contributed by atoms with Gasteiger partial charge in [-0.25, -0.2) is 4.39 Å². The maximum Gasteiger partial charge on any atom is 0.225 e. The van der Waals surface area contributed by atoms with E-state index in [1.807, 2.05) is 0 Å². The van der Waals surface area contributed by atoms with Gasteiger partial charge in [0.05, 0.1) is 5.92 Å². The molecule has 0 spiro atoms. The number of benzene rings is 1. The predicted molar refractivity (Wildman–Crippen MR) is 78.2 cm³/mol. The van der Waals surface area contributed by atoms with Crippen LogP contribution < -0.4 is 11.1 Å².